The third-order valence-corrected chi connectivity index (χ3v) is 5.22. The zero-order valence-electron chi connectivity index (χ0n) is 12.8. The molecule has 116 valence electrons. The normalized spacial score (nSPS) is 41.8. The second-order valence-electron chi connectivity index (χ2n) is 7.13. The maximum atomic E-state index is 11.3. The van der Waals surface area contributed by atoms with Crippen LogP contribution in [-0.4, -0.2) is 29.3 Å². The molecule has 2 fully saturated rings. The van der Waals surface area contributed by atoms with Crippen LogP contribution < -0.4 is 5.73 Å². The molecular formula is C16H29NO3. The minimum absolute atomic E-state index is 0.0680. The molecule has 0 aromatic heterocycles. The molecule has 0 aromatic rings. The van der Waals surface area contributed by atoms with Crippen molar-refractivity contribution < 1.29 is 14.6 Å². The quantitative estimate of drug-likeness (QED) is 0.813. The Kier molecular flexibility index (Phi) is 5.08. The van der Waals surface area contributed by atoms with Crippen molar-refractivity contribution in [3.63, 3.8) is 0 Å². The fraction of sp³-hybridized carbons (Fsp3) is 0.938. The third kappa shape index (κ3) is 3.53. The molecule has 3 N–H and O–H groups in total. The van der Waals surface area contributed by atoms with Crippen LogP contribution in [-0.2, 0) is 9.53 Å². The molecule has 4 unspecified atom stereocenters. The zero-order chi connectivity index (χ0) is 14.8. The maximum absolute atomic E-state index is 11.3. The van der Waals surface area contributed by atoms with Crippen LogP contribution in [0.4, 0.5) is 0 Å². The van der Waals surface area contributed by atoms with Crippen molar-refractivity contribution in [3.05, 3.63) is 0 Å². The van der Waals surface area contributed by atoms with Crippen LogP contribution in [0.2, 0.25) is 0 Å². The highest BCUT2D eigenvalue weighted by Gasteiger charge is 2.45. The highest BCUT2D eigenvalue weighted by atomic mass is 16.5. The monoisotopic (exact) mass is 283 g/mol. The Morgan fingerprint density at radius 3 is 2.55 bits per heavy atom. The topological polar surface area (TPSA) is 72.5 Å². The second kappa shape index (κ2) is 6.44. The molecule has 0 saturated heterocycles. The molecule has 2 rings (SSSR count). The zero-order valence-corrected chi connectivity index (χ0v) is 12.8. The summed E-state index contributed by atoms with van der Waals surface area (Å²) in [7, 11) is 0. The molecule has 0 aliphatic heterocycles. The summed E-state index contributed by atoms with van der Waals surface area (Å²) < 4.78 is 6.01. The molecule has 0 heterocycles. The second-order valence-corrected chi connectivity index (χ2v) is 7.13. The lowest BCUT2D eigenvalue weighted by atomic mass is 9.81. The molecule has 2 aliphatic rings. The van der Waals surface area contributed by atoms with E-state index in [-0.39, 0.29) is 5.92 Å². The molecular weight excluding hydrogens is 254 g/mol. The van der Waals surface area contributed by atoms with Crippen molar-refractivity contribution in [2.24, 2.45) is 23.5 Å². The number of hydrogen-bond donors (Lipinski definition) is 2. The number of aliphatic carboxylic acids is 1. The molecule has 0 amide bonds. The first kappa shape index (κ1) is 15.8. The van der Waals surface area contributed by atoms with Gasteiger partial charge in [-0.2, -0.15) is 0 Å². The number of ether oxygens (including phenoxy) is 1. The molecule has 20 heavy (non-hydrogen) atoms. The van der Waals surface area contributed by atoms with Crippen LogP contribution in [0.5, 0.6) is 0 Å². The molecule has 4 heteroatoms. The highest BCUT2D eigenvalue weighted by molar-refractivity contribution is 5.79. The largest absolute Gasteiger partial charge is 0.480 e. The number of rotatable bonds is 5. The van der Waals surface area contributed by atoms with E-state index in [2.05, 4.69) is 13.8 Å². The van der Waals surface area contributed by atoms with E-state index in [0.29, 0.717) is 19.1 Å². The molecule has 2 saturated carbocycles. The van der Waals surface area contributed by atoms with Gasteiger partial charge in [-0.05, 0) is 56.3 Å². The summed E-state index contributed by atoms with van der Waals surface area (Å²) in [6.07, 6.45) is 7.16. The lowest BCUT2D eigenvalue weighted by Gasteiger charge is -2.32. The standard InChI is InChI=1S/C16H29NO3/c1-11-8-12(2)10-14(9-11)20-7-5-13-4-3-6-16(13,17)15(18)19/h11-14H,3-10,17H2,1-2H3,(H,18,19). The van der Waals surface area contributed by atoms with E-state index in [9.17, 15) is 9.90 Å². The van der Waals surface area contributed by atoms with Crippen molar-refractivity contribution in [3.8, 4) is 0 Å². The van der Waals surface area contributed by atoms with Gasteiger partial charge in [0.1, 0.15) is 5.54 Å². The molecule has 4 nitrogen and oxygen atoms in total. The van der Waals surface area contributed by atoms with Crippen molar-refractivity contribution in [1.29, 1.82) is 0 Å². The number of carboxylic acid groups (broad SMARTS) is 1. The molecule has 0 spiro atoms. The number of carboxylic acids is 1. The van der Waals surface area contributed by atoms with Crippen LogP contribution in [0.3, 0.4) is 0 Å². The van der Waals surface area contributed by atoms with E-state index < -0.39 is 11.5 Å². The van der Waals surface area contributed by atoms with E-state index in [1.807, 2.05) is 0 Å². The van der Waals surface area contributed by atoms with Gasteiger partial charge >= 0.3 is 5.97 Å². The molecule has 0 aromatic carbocycles. The lowest BCUT2D eigenvalue weighted by molar-refractivity contribution is -0.145. The molecule has 0 bridgehead atoms. The predicted octanol–water partition coefficient (Wildman–Crippen LogP) is 2.80. The number of nitrogens with two attached hydrogens (primary N) is 1. The maximum Gasteiger partial charge on any atom is 0.323 e. The molecule has 2 aliphatic carbocycles. The summed E-state index contributed by atoms with van der Waals surface area (Å²) >= 11 is 0. The first-order valence-corrected chi connectivity index (χ1v) is 8.05. The van der Waals surface area contributed by atoms with Crippen molar-refractivity contribution in [2.75, 3.05) is 6.61 Å². The SMILES string of the molecule is CC1CC(C)CC(OCCC2CCCC2(N)C(=O)O)C1. The predicted molar refractivity (Wildman–Crippen MR) is 78.4 cm³/mol. The Balaban J connectivity index is 1.77. The van der Waals surface area contributed by atoms with Gasteiger partial charge in [-0.25, -0.2) is 0 Å². The summed E-state index contributed by atoms with van der Waals surface area (Å²) in [4.78, 5) is 11.3. The van der Waals surface area contributed by atoms with E-state index in [4.69, 9.17) is 10.5 Å². The van der Waals surface area contributed by atoms with Crippen molar-refractivity contribution >= 4 is 5.97 Å². The molecule has 0 radical (unpaired) electrons. The summed E-state index contributed by atoms with van der Waals surface area (Å²) in [5.74, 6) is 0.698. The summed E-state index contributed by atoms with van der Waals surface area (Å²) in [5.41, 5.74) is 5.04. The van der Waals surface area contributed by atoms with Gasteiger partial charge in [-0.15, -0.1) is 0 Å². The van der Waals surface area contributed by atoms with Gasteiger partial charge < -0.3 is 15.6 Å². The smallest absolute Gasteiger partial charge is 0.323 e. The van der Waals surface area contributed by atoms with Crippen LogP contribution in [0.25, 0.3) is 0 Å². The average molecular weight is 283 g/mol. The Labute approximate surface area is 122 Å². The lowest BCUT2D eigenvalue weighted by Crippen LogP contribution is -2.51. The average Bonchev–Trinajstić information content (AvgIpc) is 2.71. The first-order valence-electron chi connectivity index (χ1n) is 8.05. The van der Waals surface area contributed by atoms with Crippen molar-refractivity contribution in [2.45, 2.75) is 70.4 Å². The molecule has 4 atom stereocenters. The Hall–Kier alpha value is -0.610. The van der Waals surface area contributed by atoms with Gasteiger partial charge in [0.2, 0.25) is 0 Å². The van der Waals surface area contributed by atoms with Crippen molar-refractivity contribution in [1.82, 2.24) is 0 Å². The summed E-state index contributed by atoms with van der Waals surface area (Å²) in [6, 6.07) is 0. The number of hydrogen-bond acceptors (Lipinski definition) is 3. The van der Waals surface area contributed by atoms with Gasteiger partial charge in [-0.3, -0.25) is 4.79 Å². The minimum atomic E-state index is -1.02. The van der Waals surface area contributed by atoms with Gasteiger partial charge in [0, 0.05) is 6.61 Å². The Bertz CT molecular complexity index is 337. The van der Waals surface area contributed by atoms with Gasteiger partial charge in [0.05, 0.1) is 6.10 Å². The summed E-state index contributed by atoms with van der Waals surface area (Å²) in [6.45, 7) is 5.23. The Morgan fingerprint density at radius 2 is 1.95 bits per heavy atom. The first-order chi connectivity index (χ1) is 9.41. The van der Waals surface area contributed by atoms with E-state index in [0.717, 1.165) is 43.9 Å². The fourth-order valence-electron chi connectivity index (χ4n) is 4.17. The van der Waals surface area contributed by atoms with E-state index >= 15 is 0 Å². The van der Waals surface area contributed by atoms with E-state index in [1.165, 1.54) is 6.42 Å². The Morgan fingerprint density at radius 1 is 1.30 bits per heavy atom. The van der Waals surface area contributed by atoms with Gasteiger partial charge in [0.15, 0.2) is 0 Å². The van der Waals surface area contributed by atoms with Gasteiger partial charge in [0.25, 0.3) is 0 Å². The van der Waals surface area contributed by atoms with Crippen LogP contribution >= 0.6 is 0 Å². The number of carbonyl (C=O) groups is 1. The highest BCUT2D eigenvalue weighted by Crippen LogP contribution is 2.37. The minimum Gasteiger partial charge on any atom is -0.480 e. The van der Waals surface area contributed by atoms with E-state index in [1.54, 1.807) is 0 Å². The van der Waals surface area contributed by atoms with Crippen LogP contribution in [0.1, 0.15) is 58.8 Å². The van der Waals surface area contributed by atoms with Crippen LogP contribution in [0, 0.1) is 17.8 Å². The van der Waals surface area contributed by atoms with Crippen LogP contribution in [0.15, 0.2) is 0 Å². The fourth-order valence-corrected chi connectivity index (χ4v) is 4.17. The third-order valence-electron chi connectivity index (χ3n) is 5.22. The summed E-state index contributed by atoms with van der Waals surface area (Å²) in [5, 5.41) is 9.29. The van der Waals surface area contributed by atoms with Gasteiger partial charge in [-0.1, -0.05) is 20.3 Å².